The minimum absolute atomic E-state index is 0.0599. The van der Waals surface area contributed by atoms with Gasteiger partial charge in [-0.1, -0.05) is 129 Å². The van der Waals surface area contributed by atoms with Gasteiger partial charge >= 0.3 is 0 Å². The standard InChI is InChI=1S/C46H35N/c1-30-11-10-12-34(27-30)47(35-24-26-42-41-17-8-9-18-44(41)46(2,3)45(42)29-35)33-22-19-31(20-23-33)32-21-25-40-38-15-5-4-13-36(38)37-14-6-7-16-39(37)43(40)28-32/h4-29H,1-3H3. The van der Waals surface area contributed by atoms with Gasteiger partial charge in [0.2, 0.25) is 0 Å². The Kier molecular flexibility index (Phi) is 6.14. The Hall–Kier alpha value is -5.66. The van der Waals surface area contributed by atoms with Gasteiger partial charge < -0.3 is 4.90 Å². The molecule has 0 atom stereocenters. The quantitative estimate of drug-likeness (QED) is 0.181. The molecule has 0 fully saturated rings. The molecule has 8 aromatic rings. The summed E-state index contributed by atoms with van der Waals surface area (Å²) in [5.74, 6) is 0. The van der Waals surface area contributed by atoms with Crippen LogP contribution in [-0.2, 0) is 5.41 Å². The summed E-state index contributed by atoms with van der Waals surface area (Å²) in [4.78, 5) is 2.40. The van der Waals surface area contributed by atoms with Crippen molar-refractivity contribution in [3.05, 3.63) is 174 Å². The summed E-state index contributed by atoms with van der Waals surface area (Å²) in [6.45, 7) is 6.87. The van der Waals surface area contributed by atoms with Gasteiger partial charge in [-0.25, -0.2) is 0 Å². The molecule has 0 spiro atoms. The van der Waals surface area contributed by atoms with E-state index in [2.05, 4.69) is 183 Å². The highest BCUT2D eigenvalue weighted by Crippen LogP contribution is 2.50. The molecule has 0 heterocycles. The molecule has 8 aromatic carbocycles. The monoisotopic (exact) mass is 601 g/mol. The molecule has 0 amide bonds. The van der Waals surface area contributed by atoms with Crippen LogP contribution in [0.25, 0.3) is 54.6 Å². The predicted molar refractivity (Wildman–Crippen MR) is 201 cm³/mol. The number of rotatable bonds is 4. The van der Waals surface area contributed by atoms with Crippen molar-refractivity contribution in [3.8, 4) is 22.3 Å². The molecule has 0 saturated carbocycles. The predicted octanol–water partition coefficient (Wildman–Crippen LogP) is 12.9. The van der Waals surface area contributed by atoms with Crippen molar-refractivity contribution in [3.63, 3.8) is 0 Å². The van der Waals surface area contributed by atoms with Crippen molar-refractivity contribution >= 4 is 49.4 Å². The number of benzene rings is 8. The molecular formula is C46H35N. The maximum absolute atomic E-state index is 2.41. The first kappa shape index (κ1) is 27.6. The number of hydrogen-bond donors (Lipinski definition) is 0. The van der Waals surface area contributed by atoms with E-state index in [0.29, 0.717) is 0 Å². The third-order valence-corrected chi connectivity index (χ3v) is 10.3. The molecule has 0 aromatic heterocycles. The molecule has 1 aliphatic carbocycles. The second-order valence-electron chi connectivity index (χ2n) is 13.5. The van der Waals surface area contributed by atoms with Crippen molar-refractivity contribution in [1.82, 2.24) is 0 Å². The van der Waals surface area contributed by atoms with E-state index in [9.17, 15) is 0 Å². The van der Waals surface area contributed by atoms with Crippen LogP contribution < -0.4 is 4.90 Å². The van der Waals surface area contributed by atoms with Crippen molar-refractivity contribution in [2.75, 3.05) is 4.90 Å². The maximum Gasteiger partial charge on any atom is 0.0465 e. The lowest BCUT2D eigenvalue weighted by atomic mass is 9.82. The summed E-state index contributed by atoms with van der Waals surface area (Å²) in [7, 11) is 0. The SMILES string of the molecule is Cc1cccc(N(c2ccc(-c3ccc4c5ccccc5c5ccccc5c4c3)cc2)c2ccc3c(c2)C(C)(C)c2ccccc2-3)c1. The molecule has 1 nitrogen and oxygen atoms in total. The lowest BCUT2D eigenvalue weighted by Crippen LogP contribution is -2.16. The summed E-state index contributed by atoms with van der Waals surface area (Å²) >= 11 is 0. The normalized spacial score (nSPS) is 13.2. The minimum Gasteiger partial charge on any atom is -0.310 e. The average molecular weight is 602 g/mol. The summed E-state index contributed by atoms with van der Waals surface area (Å²) < 4.78 is 0. The van der Waals surface area contributed by atoms with Gasteiger partial charge in [0.1, 0.15) is 0 Å². The van der Waals surface area contributed by atoms with Gasteiger partial charge in [-0.2, -0.15) is 0 Å². The van der Waals surface area contributed by atoms with Gasteiger partial charge in [-0.05, 0) is 121 Å². The van der Waals surface area contributed by atoms with E-state index in [1.54, 1.807) is 0 Å². The topological polar surface area (TPSA) is 3.24 Å². The molecule has 0 unspecified atom stereocenters. The smallest absolute Gasteiger partial charge is 0.0465 e. The van der Waals surface area contributed by atoms with Crippen molar-refractivity contribution in [2.45, 2.75) is 26.2 Å². The second-order valence-corrected chi connectivity index (χ2v) is 13.5. The number of anilines is 3. The highest BCUT2D eigenvalue weighted by molar-refractivity contribution is 6.25. The molecule has 0 N–H and O–H groups in total. The first-order chi connectivity index (χ1) is 23.0. The zero-order chi connectivity index (χ0) is 31.7. The average Bonchev–Trinajstić information content (AvgIpc) is 3.34. The van der Waals surface area contributed by atoms with Crippen LogP contribution in [0, 0.1) is 6.92 Å². The van der Waals surface area contributed by atoms with Crippen LogP contribution in [0.15, 0.2) is 158 Å². The van der Waals surface area contributed by atoms with Crippen LogP contribution >= 0.6 is 0 Å². The number of fused-ring (bicyclic) bond motifs is 9. The molecule has 0 bridgehead atoms. The van der Waals surface area contributed by atoms with Crippen LogP contribution in [0.5, 0.6) is 0 Å². The summed E-state index contributed by atoms with van der Waals surface area (Å²) in [5.41, 5.74) is 12.6. The fraction of sp³-hybridized carbons (Fsp3) is 0.0870. The van der Waals surface area contributed by atoms with Gasteiger partial charge in [0.05, 0.1) is 0 Å². The Morgan fingerprint density at radius 3 is 1.64 bits per heavy atom. The van der Waals surface area contributed by atoms with E-state index < -0.39 is 0 Å². The first-order valence-electron chi connectivity index (χ1n) is 16.5. The van der Waals surface area contributed by atoms with E-state index in [1.807, 2.05) is 0 Å². The maximum atomic E-state index is 2.41. The molecule has 0 aliphatic heterocycles. The van der Waals surface area contributed by atoms with Gasteiger partial charge in [0.25, 0.3) is 0 Å². The summed E-state index contributed by atoms with van der Waals surface area (Å²) in [6.07, 6.45) is 0. The lowest BCUT2D eigenvalue weighted by Gasteiger charge is -2.28. The summed E-state index contributed by atoms with van der Waals surface area (Å²) in [5, 5.41) is 7.81. The third-order valence-electron chi connectivity index (χ3n) is 10.3. The number of nitrogens with zero attached hydrogens (tertiary/aromatic N) is 1. The Morgan fingerprint density at radius 2 is 0.936 bits per heavy atom. The van der Waals surface area contributed by atoms with E-state index >= 15 is 0 Å². The van der Waals surface area contributed by atoms with Gasteiger partial charge in [-0.15, -0.1) is 0 Å². The zero-order valence-electron chi connectivity index (χ0n) is 27.0. The molecule has 1 heteroatoms. The minimum atomic E-state index is -0.0599. The van der Waals surface area contributed by atoms with Crippen LogP contribution in [0.4, 0.5) is 17.1 Å². The second kappa shape index (κ2) is 10.4. The lowest BCUT2D eigenvalue weighted by molar-refractivity contribution is 0.660. The summed E-state index contributed by atoms with van der Waals surface area (Å²) in [6, 6.07) is 58.3. The van der Waals surface area contributed by atoms with E-state index in [1.165, 1.54) is 76.9 Å². The van der Waals surface area contributed by atoms with Crippen molar-refractivity contribution < 1.29 is 0 Å². The Morgan fingerprint density at radius 1 is 0.383 bits per heavy atom. The molecule has 9 rings (SSSR count). The van der Waals surface area contributed by atoms with Gasteiger partial charge in [-0.3, -0.25) is 0 Å². The number of aryl methyl sites for hydroxylation is 1. The van der Waals surface area contributed by atoms with Crippen molar-refractivity contribution in [2.24, 2.45) is 0 Å². The van der Waals surface area contributed by atoms with E-state index in [-0.39, 0.29) is 5.41 Å². The Bertz CT molecular complexity index is 2460. The van der Waals surface area contributed by atoms with Gasteiger partial charge in [0, 0.05) is 22.5 Å². The molecule has 224 valence electrons. The van der Waals surface area contributed by atoms with E-state index in [4.69, 9.17) is 0 Å². The van der Waals surface area contributed by atoms with Crippen molar-refractivity contribution in [1.29, 1.82) is 0 Å². The molecule has 0 radical (unpaired) electrons. The molecule has 1 aliphatic rings. The Balaban J connectivity index is 1.16. The molecule has 0 saturated heterocycles. The van der Waals surface area contributed by atoms with Gasteiger partial charge in [0.15, 0.2) is 0 Å². The van der Waals surface area contributed by atoms with Crippen LogP contribution in [0.1, 0.15) is 30.5 Å². The largest absolute Gasteiger partial charge is 0.310 e. The van der Waals surface area contributed by atoms with Crippen LogP contribution in [-0.4, -0.2) is 0 Å². The fourth-order valence-electron chi connectivity index (χ4n) is 7.94. The molecule has 47 heavy (non-hydrogen) atoms. The van der Waals surface area contributed by atoms with Crippen LogP contribution in [0.3, 0.4) is 0 Å². The van der Waals surface area contributed by atoms with Crippen LogP contribution in [0.2, 0.25) is 0 Å². The van der Waals surface area contributed by atoms with E-state index in [0.717, 1.165) is 11.4 Å². The fourth-order valence-corrected chi connectivity index (χ4v) is 7.94. The Labute approximate surface area is 276 Å². The number of hydrogen-bond acceptors (Lipinski definition) is 1. The third kappa shape index (κ3) is 4.31. The highest BCUT2D eigenvalue weighted by Gasteiger charge is 2.35. The zero-order valence-corrected chi connectivity index (χ0v) is 27.0. The highest BCUT2D eigenvalue weighted by atomic mass is 15.1. The first-order valence-corrected chi connectivity index (χ1v) is 16.5. The molecular weight excluding hydrogens is 567 g/mol.